The van der Waals surface area contributed by atoms with Crippen LogP contribution in [0.15, 0.2) is 57.9 Å². The molecule has 0 spiro atoms. The van der Waals surface area contributed by atoms with E-state index in [1.54, 1.807) is 0 Å². The minimum Gasteiger partial charge on any atom is -0.308 e. The van der Waals surface area contributed by atoms with E-state index in [0.717, 1.165) is 28.8 Å². The first-order valence-electron chi connectivity index (χ1n) is 7.27. The molecule has 1 heterocycles. The van der Waals surface area contributed by atoms with Crippen LogP contribution in [-0.4, -0.2) is 17.8 Å². The Labute approximate surface area is 143 Å². The lowest BCUT2D eigenvalue weighted by atomic mass is 10.2. The van der Waals surface area contributed by atoms with Crippen LogP contribution in [0.2, 0.25) is 0 Å². The molecule has 1 aliphatic rings. The maximum atomic E-state index is 12.7. The number of rotatable bonds is 2. The molecule has 0 bridgehead atoms. The Morgan fingerprint density at radius 1 is 1.32 bits per heavy atom. The first-order valence-corrected chi connectivity index (χ1v) is 8.94. The lowest BCUT2D eigenvalue weighted by molar-refractivity contribution is 0.256. The number of nitrogens with one attached hydrogen (secondary N) is 1. The third kappa shape index (κ3) is 3.31. The molecule has 1 atom stereocenters. The second-order valence-electron chi connectivity index (χ2n) is 5.17. The highest BCUT2D eigenvalue weighted by atomic mass is 79.9. The molecular formula is C17H17BrN2OS. The van der Waals surface area contributed by atoms with E-state index in [0.29, 0.717) is 5.25 Å². The number of halogens is 1. The summed E-state index contributed by atoms with van der Waals surface area (Å²) in [6, 6.07) is 15.7. The van der Waals surface area contributed by atoms with E-state index in [-0.39, 0.29) is 6.03 Å². The van der Waals surface area contributed by atoms with Crippen LogP contribution in [0.25, 0.3) is 0 Å². The largest absolute Gasteiger partial charge is 0.326 e. The van der Waals surface area contributed by atoms with Crippen molar-refractivity contribution in [2.24, 2.45) is 0 Å². The van der Waals surface area contributed by atoms with Gasteiger partial charge in [0.25, 0.3) is 0 Å². The molecule has 2 amide bonds. The van der Waals surface area contributed by atoms with Gasteiger partial charge in [-0.1, -0.05) is 41.1 Å². The monoisotopic (exact) mass is 376 g/mol. The van der Waals surface area contributed by atoms with Crippen LogP contribution in [0, 0.1) is 0 Å². The van der Waals surface area contributed by atoms with Gasteiger partial charge in [0.2, 0.25) is 0 Å². The van der Waals surface area contributed by atoms with Gasteiger partial charge in [-0.15, -0.1) is 11.8 Å². The van der Waals surface area contributed by atoms with Crippen molar-refractivity contribution in [3.8, 4) is 0 Å². The van der Waals surface area contributed by atoms with E-state index in [4.69, 9.17) is 0 Å². The van der Waals surface area contributed by atoms with Crippen LogP contribution in [-0.2, 0) is 0 Å². The minimum absolute atomic E-state index is 0.0794. The topological polar surface area (TPSA) is 32.3 Å². The molecule has 3 nitrogen and oxygen atoms in total. The number of thioether (sulfide) groups is 1. The zero-order valence-corrected chi connectivity index (χ0v) is 14.7. The number of carbonyl (C=O) groups is 1. The molecule has 0 fully saturated rings. The fourth-order valence-electron chi connectivity index (χ4n) is 2.46. The summed E-state index contributed by atoms with van der Waals surface area (Å²) in [5, 5.41) is 3.42. The van der Waals surface area contributed by atoms with Crippen molar-refractivity contribution in [3.63, 3.8) is 0 Å². The van der Waals surface area contributed by atoms with Crippen molar-refractivity contribution in [1.29, 1.82) is 0 Å². The number of urea groups is 1. The summed E-state index contributed by atoms with van der Waals surface area (Å²) in [5.74, 6) is 0. The van der Waals surface area contributed by atoms with Gasteiger partial charge < -0.3 is 5.32 Å². The average Bonchev–Trinajstić information content (AvgIpc) is 2.53. The molecule has 0 saturated heterocycles. The Bertz CT molecular complexity index is 692. The fourth-order valence-corrected chi connectivity index (χ4v) is 4.07. The summed E-state index contributed by atoms with van der Waals surface area (Å²) in [6.07, 6.45) is 1.04. The number of amides is 2. The number of hydrogen-bond acceptors (Lipinski definition) is 2. The van der Waals surface area contributed by atoms with E-state index >= 15 is 0 Å². The number of benzene rings is 2. The van der Waals surface area contributed by atoms with Gasteiger partial charge in [-0.3, -0.25) is 4.90 Å². The molecule has 1 N–H and O–H groups in total. The van der Waals surface area contributed by atoms with Gasteiger partial charge in [0.1, 0.15) is 0 Å². The van der Waals surface area contributed by atoms with Crippen molar-refractivity contribution in [2.45, 2.75) is 23.5 Å². The molecule has 1 aliphatic heterocycles. The van der Waals surface area contributed by atoms with Crippen LogP contribution in [0.4, 0.5) is 16.2 Å². The van der Waals surface area contributed by atoms with Crippen molar-refractivity contribution >= 4 is 45.1 Å². The summed E-state index contributed by atoms with van der Waals surface area (Å²) < 4.78 is 0.950. The number of fused-ring (bicyclic) bond motifs is 1. The van der Waals surface area contributed by atoms with Crippen molar-refractivity contribution in [1.82, 2.24) is 0 Å². The predicted octanol–water partition coefficient (Wildman–Crippen LogP) is 5.37. The van der Waals surface area contributed by atoms with Gasteiger partial charge >= 0.3 is 6.03 Å². The molecule has 2 aromatic carbocycles. The third-order valence-electron chi connectivity index (χ3n) is 3.61. The summed E-state index contributed by atoms with van der Waals surface area (Å²) in [6.45, 7) is 2.90. The molecule has 1 unspecified atom stereocenters. The molecule has 3 rings (SSSR count). The maximum absolute atomic E-state index is 12.7. The van der Waals surface area contributed by atoms with E-state index in [2.05, 4.69) is 34.2 Å². The summed E-state index contributed by atoms with van der Waals surface area (Å²) in [5.41, 5.74) is 1.79. The number of anilines is 2. The average molecular weight is 377 g/mol. The zero-order chi connectivity index (χ0) is 15.5. The number of para-hydroxylation sites is 1. The lowest BCUT2D eigenvalue weighted by Crippen LogP contribution is -2.41. The first-order chi connectivity index (χ1) is 10.7. The van der Waals surface area contributed by atoms with E-state index in [9.17, 15) is 4.79 Å². The Morgan fingerprint density at radius 3 is 2.91 bits per heavy atom. The van der Waals surface area contributed by atoms with Gasteiger partial charge in [0.15, 0.2) is 0 Å². The molecule has 22 heavy (non-hydrogen) atoms. The first kappa shape index (κ1) is 15.4. The molecule has 0 aromatic heterocycles. The predicted molar refractivity (Wildman–Crippen MR) is 96.9 cm³/mol. The Morgan fingerprint density at radius 2 is 2.14 bits per heavy atom. The van der Waals surface area contributed by atoms with Crippen LogP contribution < -0.4 is 10.2 Å². The Hall–Kier alpha value is -1.46. The van der Waals surface area contributed by atoms with Crippen LogP contribution >= 0.6 is 27.7 Å². The van der Waals surface area contributed by atoms with Gasteiger partial charge in [0, 0.05) is 26.9 Å². The van der Waals surface area contributed by atoms with Crippen LogP contribution in [0.3, 0.4) is 0 Å². The number of hydrogen-bond donors (Lipinski definition) is 1. The molecule has 114 valence electrons. The number of nitrogens with zero attached hydrogens (tertiary/aromatic N) is 1. The zero-order valence-electron chi connectivity index (χ0n) is 12.3. The molecule has 0 aliphatic carbocycles. The summed E-state index contributed by atoms with van der Waals surface area (Å²) in [7, 11) is 0. The van der Waals surface area contributed by atoms with Gasteiger partial charge in [0.05, 0.1) is 5.69 Å². The quantitative estimate of drug-likeness (QED) is 0.763. The van der Waals surface area contributed by atoms with Crippen molar-refractivity contribution < 1.29 is 4.79 Å². The smallest absolute Gasteiger partial charge is 0.308 e. The SMILES string of the molecule is CCC1CN(C(=O)Nc2cccc(Br)c2)c2ccccc2S1. The van der Waals surface area contributed by atoms with E-state index < -0.39 is 0 Å². The highest BCUT2D eigenvalue weighted by Gasteiger charge is 2.28. The summed E-state index contributed by atoms with van der Waals surface area (Å²) >= 11 is 5.28. The van der Waals surface area contributed by atoms with E-state index in [1.807, 2.05) is 59.1 Å². The Kier molecular flexibility index (Phi) is 4.74. The maximum Gasteiger partial charge on any atom is 0.326 e. The minimum atomic E-state index is -0.0794. The van der Waals surface area contributed by atoms with Crippen LogP contribution in [0.5, 0.6) is 0 Å². The third-order valence-corrected chi connectivity index (χ3v) is 5.52. The fraction of sp³-hybridized carbons (Fsp3) is 0.235. The number of carbonyl (C=O) groups excluding carboxylic acids is 1. The standard InChI is InChI=1S/C17H17BrN2OS/c1-2-14-11-20(15-8-3-4-9-16(15)22-14)17(21)19-13-7-5-6-12(18)10-13/h3-10,14H,2,11H2,1H3,(H,19,21). The van der Waals surface area contributed by atoms with Crippen LogP contribution in [0.1, 0.15) is 13.3 Å². The lowest BCUT2D eigenvalue weighted by Gasteiger charge is -2.33. The highest BCUT2D eigenvalue weighted by Crippen LogP contribution is 2.39. The van der Waals surface area contributed by atoms with E-state index in [1.165, 1.54) is 4.90 Å². The molecule has 5 heteroatoms. The van der Waals surface area contributed by atoms with Crippen molar-refractivity contribution in [2.75, 3.05) is 16.8 Å². The molecule has 2 aromatic rings. The Balaban J connectivity index is 1.85. The second kappa shape index (κ2) is 6.75. The highest BCUT2D eigenvalue weighted by molar-refractivity contribution is 9.10. The van der Waals surface area contributed by atoms with Gasteiger partial charge in [-0.2, -0.15) is 0 Å². The van der Waals surface area contributed by atoms with Gasteiger partial charge in [-0.25, -0.2) is 4.79 Å². The van der Waals surface area contributed by atoms with Gasteiger partial charge in [-0.05, 0) is 36.8 Å². The summed E-state index contributed by atoms with van der Waals surface area (Å²) in [4.78, 5) is 15.7. The molecule has 0 radical (unpaired) electrons. The molecular weight excluding hydrogens is 360 g/mol. The van der Waals surface area contributed by atoms with Crippen molar-refractivity contribution in [3.05, 3.63) is 53.0 Å². The molecule has 0 saturated carbocycles. The normalized spacial score (nSPS) is 17.0. The second-order valence-corrected chi connectivity index (χ2v) is 7.42.